The van der Waals surface area contributed by atoms with Gasteiger partial charge >= 0.3 is 18.4 Å². The first-order valence-corrected chi connectivity index (χ1v) is 14.3. The third-order valence-corrected chi connectivity index (χ3v) is 7.40. The van der Waals surface area contributed by atoms with Gasteiger partial charge in [0.15, 0.2) is 0 Å². The number of aromatic nitrogens is 2. The Bertz CT molecular complexity index is 1900. The molecule has 1 unspecified atom stereocenters. The lowest BCUT2D eigenvalue weighted by atomic mass is 9.91. The first kappa shape index (κ1) is 32.7. The Morgan fingerprint density at radius 2 is 1.72 bits per heavy atom. The molecule has 1 aliphatic rings. The van der Waals surface area contributed by atoms with Crippen LogP contribution in [0.3, 0.4) is 0 Å². The van der Waals surface area contributed by atoms with Gasteiger partial charge in [-0.3, -0.25) is 24.3 Å². The summed E-state index contributed by atoms with van der Waals surface area (Å²) >= 11 is 0. The van der Waals surface area contributed by atoms with Gasteiger partial charge in [-0.2, -0.15) is 0 Å². The Morgan fingerprint density at radius 3 is 2.43 bits per heavy atom. The van der Waals surface area contributed by atoms with Gasteiger partial charge in [-0.25, -0.2) is 14.6 Å². The molecule has 0 radical (unpaired) electrons. The van der Waals surface area contributed by atoms with Crippen LogP contribution in [0.5, 0.6) is 5.75 Å². The van der Waals surface area contributed by atoms with Gasteiger partial charge in [0.1, 0.15) is 18.2 Å². The minimum atomic E-state index is -4.85. The fourth-order valence-electron chi connectivity index (χ4n) is 5.25. The number of carbonyl (C=O) groups is 4. The van der Waals surface area contributed by atoms with Crippen molar-refractivity contribution in [3.05, 3.63) is 100 Å². The molecule has 4 amide bonds. The van der Waals surface area contributed by atoms with Crippen molar-refractivity contribution < 1.29 is 41.8 Å². The Labute approximate surface area is 264 Å². The van der Waals surface area contributed by atoms with Crippen LogP contribution in [-0.4, -0.2) is 39.7 Å². The third kappa shape index (κ3) is 7.40. The van der Waals surface area contributed by atoms with E-state index < -0.39 is 47.0 Å². The Kier molecular flexibility index (Phi) is 9.26. The zero-order chi connectivity index (χ0) is 33.8. The number of urea groups is 1. The summed E-state index contributed by atoms with van der Waals surface area (Å²) in [7, 11) is 0. The van der Waals surface area contributed by atoms with Gasteiger partial charge in [-0.1, -0.05) is 36.4 Å². The number of benzene rings is 3. The van der Waals surface area contributed by atoms with Gasteiger partial charge in [0.25, 0.3) is 11.5 Å². The highest BCUT2D eigenvalue weighted by Crippen LogP contribution is 2.30. The van der Waals surface area contributed by atoms with E-state index in [0.29, 0.717) is 11.1 Å². The number of nitrogens with zero attached hydrogens (tertiary/aromatic N) is 2. The summed E-state index contributed by atoms with van der Waals surface area (Å²) in [5.41, 5.74) is -1.40. The van der Waals surface area contributed by atoms with E-state index in [1.807, 2.05) is 0 Å². The van der Waals surface area contributed by atoms with Gasteiger partial charge in [0.05, 0.1) is 10.9 Å². The van der Waals surface area contributed by atoms with Crippen LogP contribution >= 0.6 is 0 Å². The average molecular weight is 652 g/mol. The molecule has 1 atom stereocenters. The molecular formula is C32H28F3N5O7. The molecule has 0 spiro atoms. The number of anilines is 1. The van der Waals surface area contributed by atoms with E-state index in [2.05, 4.69) is 25.7 Å². The molecule has 12 nitrogen and oxygen atoms in total. The molecule has 15 heteroatoms. The summed E-state index contributed by atoms with van der Waals surface area (Å²) in [5, 5.41) is 7.31. The first-order valence-electron chi connectivity index (χ1n) is 14.3. The third-order valence-electron chi connectivity index (χ3n) is 7.40. The van der Waals surface area contributed by atoms with Crippen molar-refractivity contribution in [3.8, 4) is 5.75 Å². The van der Waals surface area contributed by atoms with E-state index in [1.165, 1.54) is 25.1 Å². The number of imide groups is 1. The number of amides is 4. The summed E-state index contributed by atoms with van der Waals surface area (Å²) in [5.74, 6) is -3.03. The largest absolute Gasteiger partial charge is 0.573 e. The minimum absolute atomic E-state index is 0.0363. The summed E-state index contributed by atoms with van der Waals surface area (Å²) in [6.45, 7) is 1.21. The van der Waals surface area contributed by atoms with Crippen LogP contribution in [0.25, 0.3) is 10.9 Å². The molecule has 1 aromatic heterocycles. The monoisotopic (exact) mass is 651 g/mol. The van der Waals surface area contributed by atoms with E-state index in [4.69, 9.17) is 4.74 Å². The van der Waals surface area contributed by atoms with Crippen molar-refractivity contribution in [1.29, 1.82) is 0 Å². The molecule has 5 rings (SSSR count). The molecule has 0 saturated carbocycles. The number of rotatable bonds is 8. The molecule has 3 aromatic carbocycles. The van der Waals surface area contributed by atoms with Crippen LogP contribution in [0, 0.1) is 6.92 Å². The summed E-state index contributed by atoms with van der Waals surface area (Å²) in [4.78, 5) is 70.7. The normalized spacial score (nSPS) is 16.6. The van der Waals surface area contributed by atoms with Crippen LogP contribution < -0.4 is 26.2 Å². The molecule has 2 heterocycles. The predicted molar refractivity (Wildman–Crippen MR) is 161 cm³/mol. The van der Waals surface area contributed by atoms with Gasteiger partial charge in [0.2, 0.25) is 11.4 Å². The molecule has 3 N–H and O–H groups in total. The molecule has 1 saturated heterocycles. The lowest BCUT2D eigenvalue weighted by Gasteiger charge is -2.31. The van der Waals surface area contributed by atoms with E-state index in [-0.39, 0.29) is 54.8 Å². The van der Waals surface area contributed by atoms with Crippen LogP contribution in [0.15, 0.2) is 77.6 Å². The second-order valence-corrected chi connectivity index (χ2v) is 10.7. The average Bonchev–Trinajstić information content (AvgIpc) is 3.17. The van der Waals surface area contributed by atoms with E-state index in [0.717, 1.165) is 16.7 Å². The maximum absolute atomic E-state index is 14.1. The number of aryl methyl sites for hydroxylation is 1. The van der Waals surface area contributed by atoms with Gasteiger partial charge < -0.3 is 20.1 Å². The number of hydrogen-bond donors (Lipinski definition) is 3. The zero-order valence-electron chi connectivity index (χ0n) is 24.8. The summed E-state index contributed by atoms with van der Waals surface area (Å²) in [6.07, 6.45) is -4.98. The SMILES string of the molecule is Cc1nc2ccc(CNC(=O)Nc3ccc(OC(F)(F)F)cc3)cc2c(=O)n1C1(C(=O)OCc2ccccc2)CCCC(=O)NC1=O. The van der Waals surface area contributed by atoms with Crippen molar-refractivity contribution in [3.63, 3.8) is 0 Å². The standard InChI is InChI=1S/C32H28F3N5O7/c1-19-37-25-14-9-21(17-36-30(45)38-22-10-12-23(13-11-22)47-32(33,34)35)16-24(25)27(42)40(19)31(15-5-8-26(41)39-28(31)43)29(44)46-18-20-6-3-2-4-7-20/h2-4,6-7,9-14,16H,5,8,15,17-18H2,1H3,(H2,36,38,45)(H,39,41,43). The summed E-state index contributed by atoms with van der Waals surface area (Å²) < 4.78 is 47.5. The summed E-state index contributed by atoms with van der Waals surface area (Å²) in [6, 6.07) is 17.2. The maximum atomic E-state index is 14.1. The van der Waals surface area contributed by atoms with Crippen molar-refractivity contribution in [2.24, 2.45) is 0 Å². The number of ether oxygens (including phenoxy) is 2. The number of hydrogen-bond acceptors (Lipinski definition) is 8. The van der Waals surface area contributed by atoms with Crippen molar-refractivity contribution >= 4 is 40.4 Å². The molecule has 1 aliphatic heterocycles. The zero-order valence-corrected chi connectivity index (χ0v) is 24.8. The lowest BCUT2D eigenvalue weighted by molar-refractivity contribution is -0.274. The molecular weight excluding hydrogens is 623 g/mol. The highest BCUT2D eigenvalue weighted by atomic mass is 19.4. The van der Waals surface area contributed by atoms with E-state index in [1.54, 1.807) is 42.5 Å². The Morgan fingerprint density at radius 1 is 1.00 bits per heavy atom. The second-order valence-electron chi connectivity index (χ2n) is 10.7. The van der Waals surface area contributed by atoms with Crippen LogP contribution in [0.1, 0.15) is 36.2 Å². The molecule has 1 fully saturated rings. The van der Waals surface area contributed by atoms with Crippen LogP contribution in [-0.2, 0) is 37.8 Å². The number of esters is 1. The smallest absolute Gasteiger partial charge is 0.459 e. The Balaban J connectivity index is 1.40. The number of nitrogens with one attached hydrogen (secondary N) is 3. The highest BCUT2D eigenvalue weighted by molar-refractivity contribution is 6.11. The van der Waals surface area contributed by atoms with Crippen LogP contribution in [0.4, 0.5) is 23.7 Å². The van der Waals surface area contributed by atoms with Gasteiger partial charge in [0, 0.05) is 18.7 Å². The number of fused-ring (bicyclic) bond motifs is 1. The second kappa shape index (κ2) is 13.3. The lowest BCUT2D eigenvalue weighted by Crippen LogP contribution is -2.58. The number of halogens is 3. The van der Waals surface area contributed by atoms with Crippen molar-refractivity contribution in [1.82, 2.24) is 20.2 Å². The fourth-order valence-corrected chi connectivity index (χ4v) is 5.25. The van der Waals surface area contributed by atoms with E-state index in [9.17, 15) is 37.1 Å². The number of alkyl halides is 3. The highest BCUT2D eigenvalue weighted by Gasteiger charge is 2.52. The molecule has 0 bridgehead atoms. The first-order chi connectivity index (χ1) is 22.4. The molecule has 47 heavy (non-hydrogen) atoms. The molecule has 0 aliphatic carbocycles. The minimum Gasteiger partial charge on any atom is -0.459 e. The Hall–Kier alpha value is -5.73. The fraction of sp³-hybridized carbons (Fsp3) is 0.250. The number of carbonyl (C=O) groups excluding carboxylic acids is 4. The topological polar surface area (TPSA) is 158 Å². The van der Waals surface area contributed by atoms with Gasteiger partial charge in [-0.15, -0.1) is 13.2 Å². The van der Waals surface area contributed by atoms with Gasteiger partial charge in [-0.05, 0) is 67.3 Å². The molecule has 244 valence electrons. The van der Waals surface area contributed by atoms with E-state index >= 15 is 0 Å². The maximum Gasteiger partial charge on any atom is 0.573 e. The quantitative estimate of drug-likeness (QED) is 0.145. The van der Waals surface area contributed by atoms with Crippen LogP contribution in [0.2, 0.25) is 0 Å². The predicted octanol–water partition coefficient (Wildman–Crippen LogP) is 4.19. The van der Waals surface area contributed by atoms with Crippen molar-refractivity contribution in [2.75, 3.05) is 5.32 Å². The van der Waals surface area contributed by atoms with Crippen molar-refractivity contribution in [2.45, 2.75) is 51.2 Å². The molecule has 4 aromatic rings.